The zero-order valence-corrected chi connectivity index (χ0v) is 29.7. The van der Waals surface area contributed by atoms with Gasteiger partial charge >= 0.3 is 7.12 Å². The molecule has 0 saturated carbocycles. The molecule has 5 nitrogen and oxygen atoms in total. The summed E-state index contributed by atoms with van der Waals surface area (Å²) in [5.41, 5.74) is 9.07. The quantitative estimate of drug-likeness (QED) is 0.191. The number of fused-ring (bicyclic) bond motifs is 1. The molecule has 4 rings (SSSR count). The van der Waals surface area contributed by atoms with Gasteiger partial charge in [0, 0.05) is 12.2 Å². The van der Waals surface area contributed by atoms with E-state index in [0.29, 0.717) is 5.56 Å². The molecule has 0 spiro atoms. The van der Waals surface area contributed by atoms with Crippen molar-refractivity contribution in [2.24, 2.45) is 5.41 Å². The fourth-order valence-corrected chi connectivity index (χ4v) is 7.49. The Morgan fingerprint density at radius 1 is 1.11 bits per heavy atom. The van der Waals surface area contributed by atoms with Crippen LogP contribution in [0.2, 0.25) is 5.82 Å². The summed E-state index contributed by atoms with van der Waals surface area (Å²) in [6.45, 7) is 22.4. The molecule has 1 N–H and O–H groups in total. The number of nitrogens with zero attached hydrogens (tertiary/aromatic N) is 1. The minimum absolute atomic E-state index is 0.0582. The number of hydrogen-bond acceptors (Lipinski definition) is 4. The largest absolute Gasteiger partial charge is 0.464 e. The van der Waals surface area contributed by atoms with Crippen LogP contribution in [0.3, 0.4) is 0 Å². The molecule has 2 aromatic rings. The van der Waals surface area contributed by atoms with E-state index in [2.05, 4.69) is 116 Å². The smallest absolute Gasteiger partial charge is 0.406 e. The number of hydrogen-bond donors (Lipinski definition) is 1. The summed E-state index contributed by atoms with van der Waals surface area (Å²) in [7, 11) is -0.288. The predicted molar refractivity (Wildman–Crippen MR) is 191 cm³/mol. The van der Waals surface area contributed by atoms with E-state index in [1.807, 2.05) is 0 Å². The van der Waals surface area contributed by atoms with Crippen LogP contribution in [0.25, 0.3) is 17.2 Å². The summed E-state index contributed by atoms with van der Waals surface area (Å²) in [5, 5.41) is 0. The van der Waals surface area contributed by atoms with Crippen LogP contribution in [-0.2, 0) is 22.2 Å². The first kappa shape index (κ1) is 35.2. The molecular weight excluding hydrogens is 555 g/mol. The van der Waals surface area contributed by atoms with Crippen molar-refractivity contribution in [3.8, 4) is 0 Å². The van der Waals surface area contributed by atoms with Gasteiger partial charge in [0.1, 0.15) is 0 Å². The second-order valence-corrected chi connectivity index (χ2v) is 15.2. The van der Waals surface area contributed by atoms with Crippen molar-refractivity contribution >= 4 is 24.3 Å². The summed E-state index contributed by atoms with van der Waals surface area (Å²) in [5.74, 6) is 0.0964. The minimum atomic E-state index is -0.288. The second-order valence-electron chi connectivity index (χ2n) is 15.2. The van der Waals surface area contributed by atoms with Crippen molar-refractivity contribution in [2.75, 3.05) is 0 Å². The summed E-state index contributed by atoms with van der Waals surface area (Å²) in [6.07, 6.45) is 17.3. The zero-order chi connectivity index (χ0) is 33.0. The van der Waals surface area contributed by atoms with Crippen LogP contribution >= 0.6 is 0 Å². The lowest BCUT2D eigenvalue weighted by molar-refractivity contribution is -0.0783. The van der Waals surface area contributed by atoms with Crippen LogP contribution in [0.5, 0.6) is 0 Å². The van der Waals surface area contributed by atoms with Crippen LogP contribution < -0.4 is 5.56 Å². The van der Waals surface area contributed by atoms with E-state index in [1.165, 1.54) is 46.2 Å². The molecule has 6 heteroatoms. The lowest BCUT2D eigenvalue weighted by Crippen LogP contribution is -2.52. The van der Waals surface area contributed by atoms with E-state index in [-0.39, 0.29) is 35.1 Å². The van der Waals surface area contributed by atoms with E-state index >= 15 is 0 Å². The average Bonchev–Trinajstić information content (AvgIpc) is 2.96. The third-order valence-corrected chi connectivity index (χ3v) is 9.81. The summed E-state index contributed by atoms with van der Waals surface area (Å²) >= 11 is 0. The van der Waals surface area contributed by atoms with E-state index in [9.17, 15) is 4.79 Å². The Morgan fingerprint density at radius 3 is 2.47 bits per heavy atom. The first-order valence-electron chi connectivity index (χ1n) is 17.3. The van der Waals surface area contributed by atoms with Crippen LogP contribution in [0.4, 0.5) is 0 Å². The third-order valence-electron chi connectivity index (χ3n) is 9.81. The molecule has 1 aliphatic carbocycles. The van der Waals surface area contributed by atoms with Gasteiger partial charge in [-0.3, -0.25) is 4.79 Å². The highest BCUT2D eigenvalue weighted by Gasteiger charge is 2.44. The third kappa shape index (κ3) is 8.77. The Bertz CT molecular complexity index is 1480. The molecule has 2 unspecified atom stereocenters. The number of aromatic nitrogens is 2. The molecule has 1 saturated heterocycles. The summed E-state index contributed by atoms with van der Waals surface area (Å²) < 4.78 is 12.8. The normalized spacial score (nSPS) is 20.3. The number of rotatable bonds is 12. The second kappa shape index (κ2) is 14.4. The van der Waals surface area contributed by atoms with Crippen molar-refractivity contribution in [2.45, 2.75) is 144 Å². The first-order valence-corrected chi connectivity index (χ1v) is 17.3. The van der Waals surface area contributed by atoms with Crippen molar-refractivity contribution < 1.29 is 9.31 Å². The average molecular weight is 613 g/mol. The van der Waals surface area contributed by atoms with E-state index in [0.717, 1.165) is 57.1 Å². The maximum atomic E-state index is 12.7. The van der Waals surface area contributed by atoms with Gasteiger partial charge in [0.15, 0.2) is 0 Å². The maximum absolute atomic E-state index is 12.7. The molecule has 1 aliphatic heterocycles. The molecule has 45 heavy (non-hydrogen) atoms. The van der Waals surface area contributed by atoms with Gasteiger partial charge in [0.2, 0.25) is 0 Å². The van der Waals surface area contributed by atoms with Gasteiger partial charge < -0.3 is 14.3 Å². The molecule has 0 radical (unpaired) electrons. The van der Waals surface area contributed by atoms with Crippen LogP contribution in [0, 0.1) is 5.41 Å². The zero-order valence-electron chi connectivity index (χ0n) is 29.7. The Labute approximate surface area is 273 Å². The monoisotopic (exact) mass is 612 g/mol. The molecule has 2 atom stereocenters. The summed E-state index contributed by atoms with van der Waals surface area (Å²) in [4.78, 5) is 19.9. The molecule has 2 aliphatic rings. The lowest BCUT2D eigenvalue weighted by Gasteiger charge is -2.45. The van der Waals surface area contributed by atoms with Crippen molar-refractivity contribution in [3.05, 3.63) is 80.6 Å². The van der Waals surface area contributed by atoms with Gasteiger partial charge in [-0.2, -0.15) is 0 Å². The van der Waals surface area contributed by atoms with Gasteiger partial charge in [0.05, 0.1) is 28.8 Å². The summed E-state index contributed by atoms with van der Waals surface area (Å²) in [6, 6.07) is 7.03. The van der Waals surface area contributed by atoms with Gasteiger partial charge in [-0.15, -0.1) is 0 Å². The molecular formula is C39H57BN2O3. The van der Waals surface area contributed by atoms with Gasteiger partial charge in [-0.1, -0.05) is 89.8 Å². The Hall–Kier alpha value is -2.70. The topological polar surface area (TPSA) is 64.2 Å². The Balaban J connectivity index is 1.77. The fourth-order valence-electron chi connectivity index (χ4n) is 7.49. The standard InChI is InChI=1S/C39H57BN2O3/c1-11-14-27(4)32(18-15-28(5)40-44-37(6,7)25-38(8,9)45-40)29-16-19-33(31(22-29)24-39(10,13-3)21-12-2)30-17-20-35-34(23-30)36(43)42-26-41-35/h15-16,18-19,22-23,26,28H,11-14,17,20-21,24-25H2,1-10H3,(H,41,42,43). The Morgan fingerprint density at radius 2 is 1.82 bits per heavy atom. The maximum Gasteiger partial charge on any atom is 0.464 e. The lowest BCUT2D eigenvalue weighted by atomic mass is 9.68. The molecule has 1 fully saturated rings. The minimum Gasteiger partial charge on any atom is -0.406 e. The number of allylic oxidation sites excluding steroid dienone is 5. The highest BCUT2D eigenvalue weighted by atomic mass is 16.6. The first-order chi connectivity index (χ1) is 21.2. The fraction of sp³-hybridized carbons (Fsp3) is 0.590. The van der Waals surface area contributed by atoms with Crippen LogP contribution in [0.15, 0.2) is 47.0 Å². The van der Waals surface area contributed by atoms with Crippen LogP contribution in [0.1, 0.15) is 142 Å². The van der Waals surface area contributed by atoms with Crippen LogP contribution in [-0.4, -0.2) is 28.3 Å². The predicted octanol–water partition coefficient (Wildman–Crippen LogP) is 10.0. The molecule has 244 valence electrons. The molecule has 2 heterocycles. The highest BCUT2D eigenvalue weighted by Crippen LogP contribution is 2.40. The Kier molecular flexibility index (Phi) is 11.2. The van der Waals surface area contributed by atoms with Crippen molar-refractivity contribution in [1.82, 2.24) is 9.97 Å². The molecule has 0 bridgehead atoms. The van der Waals surface area contributed by atoms with E-state index < -0.39 is 0 Å². The van der Waals surface area contributed by atoms with Gasteiger partial charge in [-0.25, -0.2) is 4.98 Å². The van der Waals surface area contributed by atoms with Crippen molar-refractivity contribution in [1.29, 1.82) is 0 Å². The SMILES string of the molecule is CCCC(C)=C(C=CC(C)B1OC(C)(C)CC(C)(C)O1)c1ccc(C2=Cc3c(nc[nH]c3=O)CC2)c(CC(C)(CC)CCC)c1. The number of aromatic amines is 1. The number of nitrogens with one attached hydrogen (secondary N) is 1. The molecule has 1 aromatic carbocycles. The van der Waals surface area contributed by atoms with E-state index in [1.54, 1.807) is 0 Å². The van der Waals surface area contributed by atoms with Crippen molar-refractivity contribution in [3.63, 3.8) is 0 Å². The van der Waals surface area contributed by atoms with Gasteiger partial charge in [-0.05, 0) is 106 Å². The highest BCUT2D eigenvalue weighted by molar-refractivity contribution is 6.47. The number of H-pyrrole nitrogens is 1. The number of benzene rings is 1. The van der Waals surface area contributed by atoms with E-state index in [4.69, 9.17) is 9.31 Å². The molecule has 1 aromatic heterocycles. The molecule has 0 amide bonds. The van der Waals surface area contributed by atoms with Gasteiger partial charge in [0.25, 0.3) is 5.56 Å². The number of aryl methyl sites for hydroxylation is 1.